The average Bonchev–Trinajstić information content (AvgIpc) is 2.86. The van der Waals surface area contributed by atoms with Gasteiger partial charge in [-0.1, -0.05) is 23.7 Å². The molecule has 0 aliphatic rings. The third kappa shape index (κ3) is 3.96. The molecular formula is C13H17ClN6. The molecule has 0 atom stereocenters. The summed E-state index contributed by atoms with van der Waals surface area (Å²) in [6.07, 6.45) is 1.53. The second kappa shape index (κ2) is 6.91. The van der Waals surface area contributed by atoms with E-state index in [1.54, 1.807) is 11.7 Å². The molecule has 0 fully saturated rings. The molecule has 7 heteroatoms. The number of hydrogen-bond donors (Lipinski definition) is 2. The number of aryl methyl sites for hydroxylation is 1. The number of halogens is 1. The normalized spacial score (nSPS) is 11.4. The number of aromatic nitrogens is 3. The Kier molecular flexibility index (Phi) is 4.95. The Bertz CT molecular complexity index is 575. The molecule has 1 heterocycles. The molecule has 0 saturated heterocycles. The maximum atomic E-state index is 5.85. The summed E-state index contributed by atoms with van der Waals surface area (Å²) in [4.78, 5) is 8.30. The van der Waals surface area contributed by atoms with Crippen molar-refractivity contribution in [2.24, 2.45) is 12.0 Å². The zero-order valence-corrected chi connectivity index (χ0v) is 12.2. The predicted molar refractivity (Wildman–Crippen MR) is 79.5 cm³/mol. The summed E-state index contributed by atoms with van der Waals surface area (Å²) >= 11 is 5.85. The van der Waals surface area contributed by atoms with E-state index in [1.807, 2.05) is 31.3 Å². The van der Waals surface area contributed by atoms with Gasteiger partial charge in [0, 0.05) is 25.7 Å². The van der Waals surface area contributed by atoms with Crippen LogP contribution in [0.25, 0.3) is 0 Å². The van der Waals surface area contributed by atoms with Gasteiger partial charge in [-0.25, -0.2) is 4.98 Å². The average molecular weight is 293 g/mol. The number of hydrogen-bond acceptors (Lipinski definition) is 3. The smallest absolute Gasteiger partial charge is 0.191 e. The summed E-state index contributed by atoms with van der Waals surface area (Å²) in [5.74, 6) is 1.56. The number of rotatable bonds is 4. The number of benzene rings is 1. The van der Waals surface area contributed by atoms with Crippen molar-refractivity contribution in [1.29, 1.82) is 0 Å². The Morgan fingerprint density at radius 3 is 2.55 bits per heavy atom. The van der Waals surface area contributed by atoms with Crippen LogP contribution in [0.15, 0.2) is 35.6 Å². The summed E-state index contributed by atoms with van der Waals surface area (Å²) in [5.41, 5.74) is 1.14. The van der Waals surface area contributed by atoms with Gasteiger partial charge >= 0.3 is 0 Å². The van der Waals surface area contributed by atoms with E-state index >= 15 is 0 Å². The SMILES string of the molecule is CN=C(NCc1ccc(Cl)cc1)NCc1ncnn1C. The Labute approximate surface area is 122 Å². The van der Waals surface area contributed by atoms with Gasteiger partial charge in [-0.05, 0) is 17.7 Å². The molecule has 2 aromatic rings. The predicted octanol–water partition coefficient (Wildman–Crippen LogP) is 1.33. The standard InChI is InChI=1S/C13H17ClN6/c1-15-13(17-8-12-18-9-19-20(12)2)16-7-10-3-5-11(14)6-4-10/h3-6,9H,7-8H2,1-2H3,(H2,15,16,17). The lowest BCUT2D eigenvalue weighted by molar-refractivity contribution is 0.672. The van der Waals surface area contributed by atoms with Crippen molar-refractivity contribution in [1.82, 2.24) is 25.4 Å². The van der Waals surface area contributed by atoms with Crippen molar-refractivity contribution in [2.45, 2.75) is 13.1 Å². The molecule has 0 unspecified atom stereocenters. The van der Waals surface area contributed by atoms with Crippen LogP contribution < -0.4 is 10.6 Å². The largest absolute Gasteiger partial charge is 0.352 e. The Morgan fingerprint density at radius 2 is 1.95 bits per heavy atom. The van der Waals surface area contributed by atoms with Crippen molar-refractivity contribution in [2.75, 3.05) is 7.05 Å². The quantitative estimate of drug-likeness (QED) is 0.659. The minimum Gasteiger partial charge on any atom is -0.352 e. The van der Waals surface area contributed by atoms with E-state index in [2.05, 4.69) is 25.7 Å². The maximum absolute atomic E-state index is 5.85. The minimum absolute atomic E-state index is 0.566. The van der Waals surface area contributed by atoms with E-state index in [4.69, 9.17) is 11.6 Å². The van der Waals surface area contributed by atoms with E-state index in [9.17, 15) is 0 Å². The highest BCUT2D eigenvalue weighted by Crippen LogP contribution is 2.08. The maximum Gasteiger partial charge on any atom is 0.191 e. The lowest BCUT2D eigenvalue weighted by Crippen LogP contribution is -2.36. The van der Waals surface area contributed by atoms with Crippen molar-refractivity contribution in [3.05, 3.63) is 47.0 Å². The van der Waals surface area contributed by atoms with Crippen LogP contribution in [0, 0.1) is 0 Å². The van der Waals surface area contributed by atoms with E-state index in [0.29, 0.717) is 19.0 Å². The van der Waals surface area contributed by atoms with Crippen molar-refractivity contribution < 1.29 is 0 Å². The zero-order valence-electron chi connectivity index (χ0n) is 11.5. The van der Waals surface area contributed by atoms with Crippen molar-refractivity contribution in [3.63, 3.8) is 0 Å². The third-order valence-electron chi connectivity index (χ3n) is 2.82. The summed E-state index contributed by atoms with van der Waals surface area (Å²) in [7, 11) is 3.59. The van der Waals surface area contributed by atoms with E-state index < -0.39 is 0 Å². The first kappa shape index (κ1) is 14.3. The summed E-state index contributed by atoms with van der Waals surface area (Å²) in [5, 5.41) is 11.2. The van der Waals surface area contributed by atoms with E-state index in [0.717, 1.165) is 16.4 Å². The summed E-state index contributed by atoms with van der Waals surface area (Å²) in [6, 6.07) is 7.69. The van der Waals surface area contributed by atoms with Gasteiger partial charge in [0.15, 0.2) is 5.96 Å². The second-order valence-electron chi connectivity index (χ2n) is 4.21. The summed E-state index contributed by atoms with van der Waals surface area (Å²) in [6.45, 7) is 1.24. The fraction of sp³-hybridized carbons (Fsp3) is 0.308. The lowest BCUT2D eigenvalue weighted by atomic mass is 10.2. The van der Waals surface area contributed by atoms with Crippen LogP contribution >= 0.6 is 11.6 Å². The van der Waals surface area contributed by atoms with Crippen molar-refractivity contribution in [3.8, 4) is 0 Å². The first-order chi connectivity index (χ1) is 9.69. The molecule has 106 valence electrons. The zero-order chi connectivity index (χ0) is 14.4. The highest BCUT2D eigenvalue weighted by Gasteiger charge is 2.02. The molecule has 0 amide bonds. The van der Waals surface area contributed by atoms with Crippen LogP contribution in [-0.4, -0.2) is 27.8 Å². The number of nitrogens with zero attached hydrogens (tertiary/aromatic N) is 4. The fourth-order valence-electron chi connectivity index (χ4n) is 1.65. The Hall–Kier alpha value is -2.08. The van der Waals surface area contributed by atoms with Crippen LogP contribution in [0.2, 0.25) is 5.02 Å². The number of nitrogens with one attached hydrogen (secondary N) is 2. The van der Waals surface area contributed by atoms with Gasteiger partial charge in [-0.2, -0.15) is 5.10 Å². The highest BCUT2D eigenvalue weighted by atomic mass is 35.5. The molecule has 0 aliphatic carbocycles. The first-order valence-corrected chi connectivity index (χ1v) is 6.58. The van der Waals surface area contributed by atoms with E-state index in [1.165, 1.54) is 6.33 Å². The molecule has 20 heavy (non-hydrogen) atoms. The molecule has 0 spiro atoms. The molecule has 0 saturated carbocycles. The van der Waals surface area contributed by atoms with Gasteiger partial charge in [-0.3, -0.25) is 9.67 Å². The molecule has 6 nitrogen and oxygen atoms in total. The molecule has 1 aromatic carbocycles. The van der Waals surface area contributed by atoms with Crippen LogP contribution in [0.3, 0.4) is 0 Å². The molecule has 2 rings (SSSR count). The molecule has 0 aliphatic heterocycles. The topological polar surface area (TPSA) is 67.1 Å². The first-order valence-electron chi connectivity index (χ1n) is 6.21. The van der Waals surface area contributed by atoms with Gasteiger partial charge in [0.25, 0.3) is 0 Å². The van der Waals surface area contributed by atoms with Gasteiger partial charge in [0.1, 0.15) is 12.2 Å². The van der Waals surface area contributed by atoms with Crippen LogP contribution in [0.5, 0.6) is 0 Å². The van der Waals surface area contributed by atoms with E-state index in [-0.39, 0.29) is 0 Å². The molecule has 1 aromatic heterocycles. The Balaban J connectivity index is 1.84. The number of guanidine groups is 1. The summed E-state index contributed by atoms with van der Waals surface area (Å²) < 4.78 is 1.72. The van der Waals surface area contributed by atoms with Crippen LogP contribution in [0.1, 0.15) is 11.4 Å². The minimum atomic E-state index is 0.566. The van der Waals surface area contributed by atoms with Gasteiger partial charge in [0.2, 0.25) is 0 Å². The molecule has 2 N–H and O–H groups in total. The lowest BCUT2D eigenvalue weighted by Gasteiger charge is -2.11. The highest BCUT2D eigenvalue weighted by molar-refractivity contribution is 6.30. The van der Waals surface area contributed by atoms with Crippen LogP contribution in [-0.2, 0) is 20.1 Å². The molecule has 0 bridgehead atoms. The second-order valence-corrected chi connectivity index (χ2v) is 4.64. The number of aliphatic imine (C=N–C) groups is 1. The van der Waals surface area contributed by atoms with Gasteiger partial charge in [-0.15, -0.1) is 0 Å². The van der Waals surface area contributed by atoms with Crippen LogP contribution in [0.4, 0.5) is 0 Å². The van der Waals surface area contributed by atoms with Gasteiger partial charge < -0.3 is 10.6 Å². The van der Waals surface area contributed by atoms with Gasteiger partial charge in [0.05, 0.1) is 6.54 Å². The fourth-order valence-corrected chi connectivity index (χ4v) is 1.78. The Morgan fingerprint density at radius 1 is 1.25 bits per heavy atom. The molecule has 0 radical (unpaired) electrons. The van der Waals surface area contributed by atoms with Crippen molar-refractivity contribution >= 4 is 17.6 Å². The monoisotopic (exact) mass is 292 g/mol. The third-order valence-corrected chi connectivity index (χ3v) is 3.07. The molecular weight excluding hydrogens is 276 g/mol.